The molecule has 0 aliphatic carbocycles. The molecule has 0 saturated heterocycles. The normalized spacial score (nSPS) is 12.8. The lowest BCUT2D eigenvalue weighted by Crippen LogP contribution is -2.31. The zero-order valence-electron chi connectivity index (χ0n) is 15.9. The van der Waals surface area contributed by atoms with Crippen LogP contribution in [0.5, 0.6) is 0 Å². The van der Waals surface area contributed by atoms with E-state index < -0.39 is 5.91 Å². The van der Waals surface area contributed by atoms with Crippen molar-refractivity contribution < 1.29 is 4.79 Å². The predicted octanol–water partition coefficient (Wildman–Crippen LogP) is 2.04. The molecule has 0 aromatic carbocycles. The highest BCUT2D eigenvalue weighted by molar-refractivity contribution is 7.98. The first-order valence-corrected chi connectivity index (χ1v) is 10.0. The van der Waals surface area contributed by atoms with Crippen molar-refractivity contribution >= 4 is 23.5 Å². The third-order valence-corrected chi connectivity index (χ3v) is 5.68. The summed E-state index contributed by atoms with van der Waals surface area (Å²) in [7, 11) is 1.80. The minimum atomic E-state index is -0.422. The van der Waals surface area contributed by atoms with Crippen LogP contribution in [-0.2, 0) is 25.1 Å². The SMILES string of the molecule is Cc1cnc(Cn2ccc(C)c(C(=O)Nc3c4c(nn3C)CSC4)c2=O)cn1. The molecular formula is C19H20N6O2S. The highest BCUT2D eigenvalue weighted by atomic mass is 32.2. The Kier molecular flexibility index (Phi) is 4.76. The number of carbonyl (C=O) groups excluding carboxylic acids is 1. The number of hydrogen-bond donors (Lipinski definition) is 1. The van der Waals surface area contributed by atoms with E-state index in [-0.39, 0.29) is 17.7 Å². The molecule has 8 nitrogen and oxygen atoms in total. The molecule has 0 atom stereocenters. The van der Waals surface area contributed by atoms with Crippen molar-refractivity contribution in [1.82, 2.24) is 24.3 Å². The van der Waals surface area contributed by atoms with Gasteiger partial charge in [0, 0.05) is 36.5 Å². The Bertz CT molecular complexity index is 1120. The number of thioether (sulfide) groups is 1. The summed E-state index contributed by atoms with van der Waals surface area (Å²) in [5.41, 5.74) is 3.89. The van der Waals surface area contributed by atoms with Gasteiger partial charge in [-0.15, -0.1) is 0 Å². The van der Waals surface area contributed by atoms with Crippen LogP contribution in [0.15, 0.2) is 29.5 Å². The summed E-state index contributed by atoms with van der Waals surface area (Å²) in [4.78, 5) is 34.4. The van der Waals surface area contributed by atoms with Crippen molar-refractivity contribution in [2.24, 2.45) is 7.05 Å². The first-order valence-electron chi connectivity index (χ1n) is 8.85. The Balaban J connectivity index is 1.65. The third kappa shape index (κ3) is 3.33. The molecule has 0 unspecified atom stereocenters. The number of fused-ring (bicyclic) bond motifs is 1. The number of aromatic nitrogens is 5. The standard InChI is InChI=1S/C19H20N6O2S/c1-11-4-5-25(8-13-7-20-12(2)6-21-13)19(27)16(11)18(26)22-17-14-9-28-10-15(14)23-24(17)3/h4-7H,8-10H2,1-3H3,(H,22,26). The third-order valence-electron chi connectivity index (χ3n) is 4.71. The van der Waals surface area contributed by atoms with Gasteiger partial charge in [0.05, 0.1) is 29.8 Å². The predicted molar refractivity (Wildman–Crippen MR) is 107 cm³/mol. The second-order valence-corrected chi connectivity index (χ2v) is 7.79. The molecule has 1 N–H and O–H groups in total. The monoisotopic (exact) mass is 396 g/mol. The van der Waals surface area contributed by atoms with Crippen LogP contribution in [0.1, 0.15) is 38.6 Å². The zero-order chi connectivity index (χ0) is 19.8. The quantitative estimate of drug-likeness (QED) is 0.725. The highest BCUT2D eigenvalue weighted by Gasteiger charge is 2.24. The van der Waals surface area contributed by atoms with E-state index in [0.717, 1.165) is 28.5 Å². The minimum Gasteiger partial charge on any atom is -0.309 e. The fraction of sp³-hybridized carbons (Fsp3) is 0.316. The van der Waals surface area contributed by atoms with Crippen LogP contribution in [0.4, 0.5) is 5.82 Å². The fourth-order valence-corrected chi connectivity index (χ4v) is 4.24. The van der Waals surface area contributed by atoms with Crippen molar-refractivity contribution in [2.75, 3.05) is 5.32 Å². The van der Waals surface area contributed by atoms with Crippen LogP contribution in [0, 0.1) is 13.8 Å². The number of pyridine rings is 1. The minimum absolute atomic E-state index is 0.128. The molecule has 1 aliphatic rings. The molecule has 3 aromatic heterocycles. The van der Waals surface area contributed by atoms with Gasteiger partial charge in [-0.05, 0) is 25.5 Å². The second-order valence-electron chi connectivity index (χ2n) is 6.80. The van der Waals surface area contributed by atoms with E-state index in [9.17, 15) is 9.59 Å². The molecule has 0 fully saturated rings. The first-order chi connectivity index (χ1) is 13.4. The van der Waals surface area contributed by atoms with Crippen LogP contribution in [0.3, 0.4) is 0 Å². The van der Waals surface area contributed by atoms with Gasteiger partial charge in [0.1, 0.15) is 11.4 Å². The molecule has 0 bridgehead atoms. The summed E-state index contributed by atoms with van der Waals surface area (Å²) in [6, 6.07) is 1.77. The second kappa shape index (κ2) is 7.23. The number of rotatable bonds is 4. The zero-order valence-corrected chi connectivity index (χ0v) is 16.7. The molecule has 4 heterocycles. The first kappa shape index (κ1) is 18.4. The van der Waals surface area contributed by atoms with Gasteiger partial charge >= 0.3 is 0 Å². The summed E-state index contributed by atoms with van der Waals surface area (Å²) < 4.78 is 3.14. The molecule has 9 heteroatoms. The van der Waals surface area contributed by atoms with Crippen molar-refractivity contribution in [2.45, 2.75) is 31.9 Å². The Morgan fingerprint density at radius 2 is 2.07 bits per heavy atom. The van der Waals surface area contributed by atoms with Gasteiger partial charge in [0.2, 0.25) is 0 Å². The number of hydrogen-bond acceptors (Lipinski definition) is 6. The summed E-state index contributed by atoms with van der Waals surface area (Å²) in [6.45, 7) is 3.87. The van der Waals surface area contributed by atoms with Crippen molar-refractivity contribution in [3.8, 4) is 0 Å². The average molecular weight is 396 g/mol. The van der Waals surface area contributed by atoms with Crippen LogP contribution in [0.2, 0.25) is 0 Å². The Morgan fingerprint density at radius 3 is 2.82 bits per heavy atom. The molecule has 0 radical (unpaired) electrons. The summed E-state index contributed by atoms with van der Waals surface area (Å²) in [6.07, 6.45) is 4.97. The van der Waals surface area contributed by atoms with Gasteiger partial charge in [-0.2, -0.15) is 16.9 Å². The Morgan fingerprint density at radius 1 is 1.25 bits per heavy atom. The molecule has 28 heavy (non-hydrogen) atoms. The summed E-state index contributed by atoms with van der Waals surface area (Å²) >= 11 is 1.76. The molecule has 3 aromatic rings. The fourth-order valence-electron chi connectivity index (χ4n) is 3.21. The number of amides is 1. The topological polar surface area (TPSA) is 94.7 Å². The Hall–Kier alpha value is -2.94. The lowest BCUT2D eigenvalue weighted by Gasteiger charge is -2.12. The van der Waals surface area contributed by atoms with Crippen molar-refractivity contribution in [1.29, 1.82) is 0 Å². The van der Waals surface area contributed by atoms with E-state index in [1.807, 2.05) is 6.92 Å². The number of nitrogens with one attached hydrogen (secondary N) is 1. The van der Waals surface area contributed by atoms with Crippen LogP contribution < -0.4 is 10.9 Å². The molecule has 1 aliphatic heterocycles. The van der Waals surface area contributed by atoms with Gasteiger partial charge in [-0.1, -0.05) is 0 Å². The average Bonchev–Trinajstić information content (AvgIpc) is 3.22. The molecular weight excluding hydrogens is 376 g/mol. The van der Waals surface area contributed by atoms with Gasteiger partial charge in [0.25, 0.3) is 11.5 Å². The molecule has 4 rings (SSSR count). The maximum absolute atomic E-state index is 13.0. The highest BCUT2D eigenvalue weighted by Crippen LogP contribution is 2.34. The van der Waals surface area contributed by atoms with Crippen LogP contribution in [-0.4, -0.2) is 30.2 Å². The van der Waals surface area contributed by atoms with E-state index in [2.05, 4.69) is 20.4 Å². The van der Waals surface area contributed by atoms with E-state index in [1.165, 1.54) is 4.57 Å². The maximum Gasteiger partial charge on any atom is 0.264 e. The smallest absolute Gasteiger partial charge is 0.264 e. The number of aryl methyl sites for hydroxylation is 3. The van der Waals surface area contributed by atoms with Gasteiger partial charge < -0.3 is 9.88 Å². The molecule has 0 spiro atoms. The van der Waals surface area contributed by atoms with E-state index in [0.29, 0.717) is 17.1 Å². The lowest BCUT2D eigenvalue weighted by molar-refractivity contribution is 0.102. The van der Waals surface area contributed by atoms with E-state index >= 15 is 0 Å². The van der Waals surface area contributed by atoms with E-state index in [4.69, 9.17) is 0 Å². The number of nitrogens with zero attached hydrogens (tertiary/aromatic N) is 5. The Labute approximate surface area is 166 Å². The van der Waals surface area contributed by atoms with Crippen molar-refractivity contribution in [3.05, 3.63) is 68.8 Å². The largest absolute Gasteiger partial charge is 0.309 e. The summed E-state index contributed by atoms with van der Waals surface area (Å²) in [5.74, 6) is 1.88. The van der Waals surface area contributed by atoms with Gasteiger partial charge in [0.15, 0.2) is 0 Å². The van der Waals surface area contributed by atoms with Crippen molar-refractivity contribution in [3.63, 3.8) is 0 Å². The molecule has 0 saturated carbocycles. The lowest BCUT2D eigenvalue weighted by atomic mass is 10.1. The number of anilines is 1. The van der Waals surface area contributed by atoms with Crippen LogP contribution in [0.25, 0.3) is 0 Å². The maximum atomic E-state index is 13.0. The number of carbonyl (C=O) groups is 1. The van der Waals surface area contributed by atoms with Gasteiger partial charge in [-0.3, -0.25) is 24.2 Å². The van der Waals surface area contributed by atoms with Crippen LogP contribution >= 0.6 is 11.8 Å². The van der Waals surface area contributed by atoms with Gasteiger partial charge in [-0.25, -0.2) is 0 Å². The molecule has 144 valence electrons. The summed E-state index contributed by atoms with van der Waals surface area (Å²) in [5, 5.41) is 7.34. The molecule has 1 amide bonds. The van der Waals surface area contributed by atoms with E-state index in [1.54, 1.807) is 55.1 Å².